The first-order valence-corrected chi connectivity index (χ1v) is 6.57. The number of hydrogen-bond acceptors (Lipinski definition) is 3. The minimum Gasteiger partial charge on any atom is -0.453 e. The van der Waals surface area contributed by atoms with Gasteiger partial charge in [-0.15, -0.1) is 0 Å². The van der Waals surface area contributed by atoms with Crippen LogP contribution in [0.15, 0.2) is 24.3 Å². The Morgan fingerprint density at radius 3 is 3.10 bits per heavy atom. The van der Waals surface area contributed by atoms with E-state index in [1.54, 1.807) is 4.90 Å². The van der Waals surface area contributed by atoms with E-state index in [0.29, 0.717) is 6.54 Å². The summed E-state index contributed by atoms with van der Waals surface area (Å²) in [4.78, 5) is 16.8. The quantitative estimate of drug-likeness (QED) is 0.865. The maximum Gasteiger partial charge on any atom is 0.410 e. The summed E-state index contributed by atoms with van der Waals surface area (Å²) in [6.45, 7) is 0.577. The Balaban J connectivity index is 2.11. The highest BCUT2D eigenvalue weighted by Crippen LogP contribution is 2.36. The molecule has 0 saturated carbocycles. The van der Waals surface area contributed by atoms with Crippen LogP contribution in [-0.2, 0) is 11.2 Å². The number of carbonyl (C=O) groups is 1. The van der Waals surface area contributed by atoms with E-state index in [-0.39, 0.29) is 18.6 Å². The summed E-state index contributed by atoms with van der Waals surface area (Å²) in [6.07, 6.45) is 0.653. The van der Waals surface area contributed by atoms with Crippen LogP contribution in [-0.4, -0.2) is 29.6 Å². The number of H-pyrrole nitrogens is 1. The van der Waals surface area contributed by atoms with E-state index in [1.807, 2.05) is 18.2 Å². The zero-order chi connectivity index (χ0) is 14.1. The Morgan fingerprint density at radius 1 is 1.55 bits per heavy atom. The maximum absolute atomic E-state index is 11.9. The summed E-state index contributed by atoms with van der Waals surface area (Å²) in [5.41, 5.74) is 3.22. The van der Waals surface area contributed by atoms with Gasteiger partial charge in [0, 0.05) is 23.1 Å². The molecule has 2 aromatic rings. The van der Waals surface area contributed by atoms with Gasteiger partial charge in [-0.25, -0.2) is 4.79 Å². The Bertz CT molecular complexity index is 699. The number of nitrogens with zero attached hydrogens (tertiary/aromatic N) is 2. The third kappa shape index (κ3) is 1.81. The third-order valence-electron chi connectivity index (χ3n) is 3.85. The second kappa shape index (κ2) is 4.89. The summed E-state index contributed by atoms with van der Waals surface area (Å²) in [6, 6.07) is 9.96. The van der Waals surface area contributed by atoms with Crippen LogP contribution >= 0.6 is 0 Å². The summed E-state index contributed by atoms with van der Waals surface area (Å²) >= 11 is 0. The zero-order valence-corrected chi connectivity index (χ0v) is 11.2. The summed E-state index contributed by atoms with van der Waals surface area (Å²) in [5.74, 6) is 0. The van der Waals surface area contributed by atoms with Crippen molar-refractivity contribution in [2.24, 2.45) is 0 Å². The van der Waals surface area contributed by atoms with Crippen molar-refractivity contribution in [3.63, 3.8) is 0 Å². The number of para-hydroxylation sites is 1. The first kappa shape index (κ1) is 12.5. The number of fused-ring (bicyclic) bond motifs is 3. The molecule has 1 atom stereocenters. The molecular weight excluding hydrogens is 254 g/mol. The molecule has 0 fully saturated rings. The molecule has 3 rings (SSSR count). The van der Waals surface area contributed by atoms with E-state index < -0.39 is 0 Å². The van der Waals surface area contributed by atoms with E-state index >= 15 is 0 Å². The zero-order valence-electron chi connectivity index (χ0n) is 11.2. The number of carbonyl (C=O) groups excluding carboxylic acids is 1. The maximum atomic E-state index is 11.9. The van der Waals surface area contributed by atoms with Gasteiger partial charge in [0.05, 0.1) is 25.6 Å². The molecule has 0 spiro atoms. The molecule has 0 bridgehead atoms. The van der Waals surface area contributed by atoms with Crippen LogP contribution in [0.25, 0.3) is 10.9 Å². The van der Waals surface area contributed by atoms with E-state index in [1.165, 1.54) is 18.1 Å². The Morgan fingerprint density at radius 2 is 2.35 bits per heavy atom. The predicted molar refractivity (Wildman–Crippen MR) is 74.1 cm³/mol. The van der Waals surface area contributed by atoms with Gasteiger partial charge in [-0.05, 0) is 18.1 Å². The lowest BCUT2D eigenvalue weighted by Crippen LogP contribution is -2.39. The van der Waals surface area contributed by atoms with Crippen molar-refractivity contribution in [2.45, 2.75) is 18.9 Å². The summed E-state index contributed by atoms with van der Waals surface area (Å²) in [5, 5.41) is 10.2. The van der Waals surface area contributed by atoms with Crippen LogP contribution in [0, 0.1) is 11.3 Å². The fraction of sp³-hybridized carbons (Fsp3) is 0.333. The van der Waals surface area contributed by atoms with Crippen LogP contribution in [0.5, 0.6) is 0 Å². The SMILES string of the molecule is COC(=O)N1CCc2c([nH]c3ccccc23)C1CC#N. The normalized spacial score (nSPS) is 17.6. The second-order valence-corrected chi connectivity index (χ2v) is 4.85. The highest BCUT2D eigenvalue weighted by atomic mass is 16.5. The number of benzene rings is 1. The monoisotopic (exact) mass is 269 g/mol. The number of methoxy groups -OCH3 is 1. The van der Waals surface area contributed by atoms with E-state index in [0.717, 1.165) is 17.6 Å². The van der Waals surface area contributed by atoms with E-state index in [4.69, 9.17) is 10.00 Å². The number of hydrogen-bond donors (Lipinski definition) is 1. The predicted octanol–water partition coefficient (Wildman–Crippen LogP) is 2.75. The second-order valence-electron chi connectivity index (χ2n) is 4.85. The summed E-state index contributed by atoms with van der Waals surface area (Å²) in [7, 11) is 1.37. The Hall–Kier alpha value is -2.48. The lowest BCUT2D eigenvalue weighted by molar-refractivity contribution is 0.101. The molecule has 1 aromatic carbocycles. The molecule has 1 aliphatic heterocycles. The number of aromatic nitrogens is 1. The van der Waals surface area contributed by atoms with Crippen molar-refractivity contribution >= 4 is 17.0 Å². The lowest BCUT2D eigenvalue weighted by atomic mass is 9.96. The van der Waals surface area contributed by atoms with Crippen LogP contribution in [0.2, 0.25) is 0 Å². The third-order valence-corrected chi connectivity index (χ3v) is 3.85. The molecule has 5 nitrogen and oxygen atoms in total. The molecule has 5 heteroatoms. The molecule has 0 saturated heterocycles. The van der Waals surface area contributed by atoms with E-state index in [2.05, 4.69) is 17.1 Å². The van der Waals surface area contributed by atoms with Crippen LogP contribution < -0.4 is 0 Å². The Kier molecular flexibility index (Phi) is 3.07. The first-order valence-electron chi connectivity index (χ1n) is 6.57. The van der Waals surface area contributed by atoms with Gasteiger partial charge in [-0.1, -0.05) is 18.2 Å². The highest BCUT2D eigenvalue weighted by Gasteiger charge is 2.33. The Labute approximate surface area is 116 Å². The average molecular weight is 269 g/mol. The molecule has 102 valence electrons. The van der Waals surface area contributed by atoms with Crippen molar-refractivity contribution in [1.29, 1.82) is 5.26 Å². The lowest BCUT2D eigenvalue weighted by Gasteiger charge is -2.33. The van der Waals surface area contributed by atoms with Crippen molar-refractivity contribution in [2.75, 3.05) is 13.7 Å². The minimum absolute atomic E-state index is 0.259. The minimum atomic E-state index is -0.380. The molecule has 20 heavy (non-hydrogen) atoms. The van der Waals surface area contributed by atoms with Crippen molar-refractivity contribution < 1.29 is 9.53 Å². The molecule has 0 radical (unpaired) electrons. The standard InChI is InChI=1S/C15H15N3O2/c1-20-15(19)18-9-7-11-10-4-2-3-5-12(10)17-14(11)13(18)6-8-16/h2-5,13,17H,6-7,9H2,1H3. The first-order chi connectivity index (χ1) is 9.76. The van der Waals surface area contributed by atoms with Gasteiger partial charge >= 0.3 is 6.09 Å². The van der Waals surface area contributed by atoms with Crippen LogP contribution in [0.4, 0.5) is 4.79 Å². The molecule has 1 N–H and O–H groups in total. The fourth-order valence-electron chi connectivity index (χ4n) is 2.95. The molecule has 1 unspecified atom stereocenters. The molecule has 0 aliphatic carbocycles. The van der Waals surface area contributed by atoms with Gasteiger partial charge in [-0.2, -0.15) is 5.26 Å². The van der Waals surface area contributed by atoms with Crippen molar-refractivity contribution in [1.82, 2.24) is 9.88 Å². The fourth-order valence-corrected chi connectivity index (χ4v) is 2.95. The van der Waals surface area contributed by atoms with E-state index in [9.17, 15) is 4.79 Å². The molecule has 1 aliphatic rings. The van der Waals surface area contributed by atoms with Crippen LogP contribution in [0.3, 0.4) is 0 Å². The number of ether oxygens (including phenoxy) is 1. The number of nitriles is 1. The smallest absolute Gasteiger partial charge is 0.410 e. The van der Waals surface area contributed by atoms with Gasteiger partial charge in [0.1, 0.15) is 0 Å². The van der Waals surface area contributed by atoms with Crippen molar-refractivity contribution in [3.05, 3.63) is 35.5 Å². The molecule has 1 aromatic heterocycles. The number of aromatic amines is 1. The van der Waals surface area contributed by atoms with Crippen LogP contribution in [0.1, 0.15) is 23.7 Å². The highest BCUT2D eigenvalue weighted by molar-refractivity contribution is 5.85. The van der Waals surface area contributed by atoms with Gasteiger partial charge in [0.2, 0.25) is 0 Å². The number of nitrogens with one attached hydrogen (secondary N) is 1. The molecule has 1 amide bonds. The number of amides is 1. The van der Waals surface area contributed by atoms with Gasteiger partial charge in [-0.3, -0.25) is 4.90 Å². The molecular formula is C15H15N3O2. The van der Waals surface area contributed by atoms with Gasteiger partial charge < -0.3 is 9.72 Å². The topological polar surface area (TPSA) is 69.1 Å². The molecule has 2 heterocycles. The largest absolute Gasteiger partial charge is 0.453 e. The average Bonchev–Trinajstić information content (AvgIpc) is 2.86. The summed E-state index contributed by atoms with van der Waals surface area (Å²) < 4.78 is 4.82. The van der Waals surface area contributed by atoms with Crippen molar-refractivity contribution in [3.8, 4) is 6.07 Å². The van der Waals surface area contributed by atoms with Gasteiger partial charge in [0.25, 0.3) is 0 Å². The van der Waals surface area contributed by atoms with Gasteiger partial charge in [0.15, 0.2) is 0 Å². The number of rotatable bonds is 1.